The van der Waals surface area contributed by atoms with Crippen molar-refractivity contribution in [2.24, 2.45) is 0 Å². The van der Waals surface area contributed by atoms with Crippen LogP contribution < -0.4 is 0 Å². The molecule has 0 aliphatic rings. The molecule has 0 unspecified atom stereocenters. The van der Waals surface area contributed by atoms with Crippen molar-refractivity contribution < 1.29 is 14.3 Å². The van der Waals surface area contributed by atoms with Crippen LogP contribution in [0.25, 0.3) is 10.9 Å². The number of fused-ring (bicyclic) bond motifs is 1. The summed E-state index contributed by atoms with van der Waals surface area (Å²) in [5.74, 6) is -0.111. The van der Waals surface area contributed by atoms with Crippen LogP contribution in [0, 0.1) is 0 Å². The third kappa shape index (κ3) is 4.84. The van der Waals surface area contributed by atoms with E-state index in [1.54, 1.807) is 11.9 Å². The van der Waals surface area contributed by atoms with Crippen LogP contribution in [0.15, 0.2) is 30.5 Å². The van der Waals surface area contributed by atoms with E-state index in [1.165, 1.54) is 18.1 Å². The lowest BCUT2D eigenvalue weighted by Crippen LogP contribution is -2.28. The Morgan fingerprint density at radius 1 is 1.17 bits per heavy atom. The van der Waals surface area contributed by atoms with Gasteiger partial charge in [-0.05, 0) is 30.9 Å². The topological polar surface area (TPSA) is 62.4 Å². The zero-order chi connectivity index (χ0) is 16.7. The zero-order valence-electron chi connectivity index (χ0n) is 13.8. The zero-order valence-corrected chi connectivity index (χ0v) is 13.8. The van der Waals surface area contributed by atoms with Crippen LogP contribution in [0.5, 0.6) is 0 Å². The number of nitrogens with zero attached hydrogens (tertiary/aromatic N) is 1. The van der Waals surface area contributed by atoms with E-state index in [4.69, 9.17) is 0 Å². The van der Waals surface area contributed by atoms with Crippen molar-refractivity contribution in [2.75, 3.05) is 20.7 Å². The summed E-state index contributed by atoms with van der Waals surface area (Å²) < 4.78 is 4.59. The molecule has 2 aromatic rings. The first kappa shape index (κ1) is 17.1. The van der Waals surface area contributed by atoms with Crippen molar-refractivity contribution in [1.29, 1.82) is 0 Å². The summed E-state index contributed by atoms with van der Waals surface area (Å²) in [6.07, 6.45) is 5.23. The average Bonchev–Trinajstić information content (AvgIpc) is 2.97. The van der Waals surface area contributed by atoms with Gasteiger partial charge < -0.3 is 14.6 Å². The van der Waals surface area contributed by atoms with E-state index in [9.17, 15) is 9.59 Å². The Hall–Kier alpha value is -2.30. The summed E-state index contributed by atoms with van der Waals surface area (Å²) in [4.78, 5) is 28.1. The minimum atomic E-state index is -0.231. The summed E-state index contributed by atoms with van der Waals surface area (Å²) in [6.45, 7) is 0.584. The Kier molecular flexibility index (Phi) is 6.20. The van der Waals surface area contributed by atoms with Crippen molar-refractivity contribution in [3.63, 3.8) is 0 Å². The van der Waals surface area contributed by atoms with Crippen molar-refractivity contribution in [2.45, 2.75) is 32.1 Å². The predicted octanol–water partition coefficient (Wildman–Crippen LogP) is 2.90. The van der Waals surface area contributed by atoms with Gasteiger partial charge in [0.05, 0.1) is 7.11 Å². The number of hydrogen-bond donors (Lipinski definition) is 1. The van der Waals surface area contributed by atoms with Gasteiger partial charge in [0.25, 0.3) is 0 Å². The molecule has 1 amide bonds. The number of carbonyl (C=O) groups is 2. The lowest BCUT2D eigenvalue weighted by Gasteiger charge is -2.16. The number of amides is 1. The minimum Gasteiger partial charge on any atom is -0.469 e. The molecule has 0 bridgehead atoms. The molecule has 0 aliphatic heterocycles. The van der Waals surface area contributed by atoms with Crippen LogP contribution in [0.1, 0.15) is 31.2 Å². The second-order valence-electron chi connectivity index (χ2n) is 5.71. The minimum absolute atomic E-state index is 0.120. The van der Waals surface area contributed by atoms with Gasteiger partial charge in [0.2, 0.25) is 5.91 Å². The molecule has 2 rings (SSSR count). The Bertz CT molecular complexity index is 663. The van der Waals surface area contributed by atoms with Gasteiger partial charge in [-0.1, -0.05) is 18.2 Å². The van der Waals surface area contributed by atoms with Gasteiger partial charge >= 0.3 is 5.97 Å². The number of aryl methyl sites for hydroxylation is 1. The summed E-state index contributed by atoms with van der Waals surface area (Å²) in [7, 11) is 3.16. The second kappa shape index (κ2) is 8.36. The van der Waals surface area contributed by atoms with Gasteiger partial charge in [0.1, 0.15) is 0 Å². The van der Waals surface area contributed by atoms with E-state index in [0.29, 0.717) is 25.8 Å². The quantitative estimate of drug-likeness (QED) is 0.762. The molecule has 124 valence electrons. The van der Waals surface area contributed by atoms with E-state index in [-0.39, 0.29) is 11.9 Å². The fraction of sp³-hybridized carbons (Fsp3) is 0.444. The monoisotopic (exact) mass is 316 g/mol. The Morgan fingerprint density at radius 3 is 2.74 bits per heavy atom. The third-order valence-corrected chi connectivity index (χ3v) is 4.04. The number of benzene rings is 1. The Balaban J connectivity index is 1.73. The number of nitrogens with one attached hydrogen (secondary N) is 1. The molecule has 0 saturated heterocycles. The molecule has 5 heteroatoms. The van der Waals surface area contributed by atoms with Crippen LogP contribution in [-0.4, -0.2) is 42.5 Å². The maximum Gasteiger partial charge on any atom is 0.305 e. The molecule has 1 heterocycles. The third-order valence-electron chi connectivity index (χ3n) is 4.04. The molecular formula is C18H24N2O3. The highest BCUT2D eigenvalue weighted by Crippen LogP contribution is 2.19. The lowest BCUT2D eigenvalue weighted by molar-refractivity contribution is -0.141. The molecule has 0 spiro atoms. The largest absolute Gasteiger partial charge is 0.469 e. The van der Waals surface area contributed by atoms with Crippen LogP contribution in [-0.2, 0) is 20.7 Å². The molecule has 5 nitrogen and oxygen atoms in total. The number of ether oxygens (including phenoxy) is 1. The summed E-state index contributed by atoms with van der Waals surface area (Å²) in [5.41, 5.74) is 2.38. The number of aromatic nitrogens is 1. The summed E-state index contributed by atoms with van der Waals surface area (Å²) >= 11 is 0. The van der Waals surface area contributed by atoms with Gasteiger partial charge in [-0.25, -0.2) is 0 Å². The van der Waals surface area contributed by atoms with Crippen LogP contribution >= 0.6 is 0 Å². The molecule has 0 aliphatic carbocycles. The second-order valence-corrected chi connectivity index (χ2v) is 5.71. The van der Waals surface area contributed by atoms with Crippen molar-refractivity contribution >= 4 is 22.8 Å². The SMILES string of the molecule is COC(=O)CCCN(C)C(=O)CCCc1c[nH]c2ccccc12. The molecule has 1 aromatic carbocycles. The molecule has 0 atom stereocenters. The number of carbonyl (C=O) groups excluding carboxylic acids is 2. The molecule has 0 radical (unpaired) electrons. The molecule has 23 heavy (non-hydrogen) atoms. The lowest BCUT2D eigenvalue weighted by atomic mass is 10.1. The maximum absolute atomic E-state index is 12.1. The van der Waals surface area contributed by atoms with E-state index >= 15 is 0 Å². The average molecular weight is 316 g/mol. The first-order valence-electron chi connectivity index (χ1n) is 7.97. The van der Waals surface area contributed by atoms with Crippen molar-refractivity contribution in [1.82, 2.24) is 9.88 Å². The molecule has 0 fully saturated rings. The van der Waals surface area contributed by atoms with E-state index in [2.05, 4.69) is 21.9 Å². The number of rotatable bonds is 8. The van der Waals surface area contributed by atoms with Gasteiger partial charge in [-0.3, -0.25) is 9.59 Å². The van der Waals surface area contributed by atoms with Gasteiger partial charge in [-0.2, -0.15) is 0 Å². The maximum atomic E-state index is 12.1. The van der Waals surface area contributed by atoms with Crippen molar-refractivity contribution in [3.8, 4) is 0 Å². The number of hydrogen-bond acceptors (Lipinski definition) is 3. The Morgan fingerprint density at radius 2 is 1.96 bits per heavy atom. The number of aromatic amines is 1. The highest BCUT2D eigenvalue weighted by atomic mass is 16.5. The number of H-pyrrole nitrogens is 1. The molecular weight excluding hydrogens is 292 g/mol. The molecule has 0 saturated carbocycles. The van der Waals surface area contributed by atoms with E-state index in [0.717, 1.165) is 18.4 Å². The van der Waals surface area contributed by atoms with E-state index in [1.807, 2.05) is 18.3 Å². The van der Waals surface area contributed by atoms with Crippen molar-refractivity contribution in [3.05, 3.63) is 36.0 Å². The van der Waals surface area contributed by atoms with Crippen LogP contribution in [0.3, 0.4) is 0 Å². The normalized spacial score (nSPS) is 10.7. The first-order valence-corrected chi connectivity index (χ1v) is 7.97. The predicted molar refractivity (Wildman–Crippen MR) is 90.1 cm³/mol. The number of esters is 1. The number of methoxy groups -OCH3 is 1. The standard InChI is InChI=1S/C18H24N2O3/c1-20(12-6-11-18(22)23-2)17(21)10-5-7-14-13-19-16-9-4-3-8-15(14)16/h3-4,8-9,13,19H,5-7,10-12H2,1-2H3. The van der Waals surface area contributed by atoms with Crippen LogP contribution in [0.2, 0.25) is 0 Å². The highest BCUT2D eigenvalue weighted by Gasteiger charge is 2.10. The summed E-state index contributed by atoms with van der Waals surface area (Å²) in [6, 6.07) is 8.19. The Labute approximate surface area is 136 Å². The van der Waals surface area contributed by atoms with Crippen LogP contribution in [0.4, 0.5) is 0 Å². The van der Waals surface area contributed by atoms with E-state index < -0.39 is 0 Å². The van der Waals surface area contributed by atoms with Gasteiger partial charge in [0.15, 0.2) is 0 Å². The summed E-state index contributed by atoms with van der Waals surface area (Å²) in [5, 5.41) is 1.23. The van der Waals surface area contributed by atoms with Gasteiger partial charge in [0, 0.05) is 43.5 Å². The molecule has 1 N–H and O–H groups in total. The number of para-hydroxylation sites is 1. The fourth-order valence-electron chi connectivity index (χ4n) is 2.65. The smallest absolute Gasteiger partial charge is 0.305 e. The fourth-order valence-corrected chi connectivity index (χ4v) is 2.65. The first-order chi connectivity index (χ1) is 11.1. The highest BCUT2D eigenvalue weighted by molar-refractivity contribution is 5.83. The molecule has 1 aromatic heterocycles. The van der Waals surface area contributed by atoms with Gasteiger partial charge in [-0.15, -0.1) is 0 Å².